The third-order valence-electron chi connectivity index (χ3n) is 3.97. The highest BCUT2D eigenvalue weighted by Crippen LogP contribution is 2.39. The number of aromatic hydroxyl groups is 1. The van der Waals surface area contributed by atoms with Crippen molar-refractivity contribution in [2.45, 2.75) is 51.3 Å². The van der Waals surface area contributed by atoms with E-state index >= 15 is 0 Å². The number of aliphatic hydroxyl groups excluding tert-OH is 1. The van der Waals surface area contributed by atoms with Gasteiger partial charge in [0.1, 0.15) is 5.75 Å². The largest absolute Gasteiger partial charge is 0.506 e. The SMILES string of the molecule is CNc1c(O)ccc2c1CC[C@@H](NC(C)(C)C)[C@@H]2O.O=C(O)C=CC(=O)O. The number of aliphatic carboxylic acids is 2. The van der Waals surface area contributed by atoms with E-state index in [4.69, 9.17) is 10.2 Å². The molecule has 2 rings (SSSR count). The molecule has 0 spiro atoms. The molecule has 0 radical (unpaired) electrons. The Bertz CT molecular complexity index is 693. The number of carbonyl (C=O) groups is 2. The predicted molar refractivity (Wildman–Crippen MR) is 102 cm³/mol. The lowest BCUT2D eigenvalue weighted by atomic mass is 9.83. The van der Waals surface area contributed by atoms with Crippen molar-refractivity contribution >= 4 is 17.6 Å². The van der Waals surface area contributed by atoms with Crippen molar-refractivity contribution in [3.63, 3.8) is 0 Å². The second-order valence-electron chi connectivity index (χ2n) is 7.27. The molecule has 0 saturated carbocycles. The first-order valence-corrected chi connectivity index (χ1v) is 8.58. The van der Waals surface area contributed by atoms with Crippen molar-refractivity contribution < 1.29 is 30.0 Å². The van der Waals surface area contributed by atoms with E-state index in [0.717, 1.165) is 29.7 Å². The molecular weight excluding hydrogens is 352 g/mol. The number of fused-ring (bicyclic) bond motifs is 1. The molecule has 27 heavy (non-hydrogen) atoms. The van der Waals surface area contributed by atoms with Crippen LogP contribution in [-0.2, 0) is 16.0 Å². The molecule has 0 saturated heterocycles. The van der Waals surface area contributed by atoms with E-state index in [9.17, 15) is 19.8 Å². The van der Waals surface area contributed by atoms with Crippen LogP contribution in [0.4, 0.5) is 5.69 Å². The number of aliphatic hydroxyl groups is 1. The summed E-state index contributed by atoms with van der Waals surface area (Å²) in [4.78, 5) is 19.1. The number of phenolic OH excluding ortho intramolecular Hbond substituents is 1. The second kappa shape index (κ2) is 9.38. The Hall–Kier alpha value is -2.58. The van der Waals surface area contributed by atoms with Crippen LogP contribution in [-0.4, -0.2) is 51.0 Å². The Labute approximate surface area is 158 Å². The highest BCUT2D eigenvalue weighted by atomic mass is 16.4. The van der Waals surface area contributed by atoms with E-state index in [2.05, 4.69) is 31.4 Å². The van der Waals surface area contributed by atoms with Crippen LogP contribution in [0, 0.1) is 0 Å². The topological polar surface area (TPSA) is 139 Å². The number of nitrogens with one attached hydrogen (secondary N) is 2. The van der Waals surface area contributed by atoms with Gasteiger partial charge in [-0.15, -0.1) is 0 Å². The number of phenols is 1. The Morgan fingerprint density at radius 1 is 1.15 bits per heavy atom. The van der Waals surface area contributed by atoms with Crippen LogP contribution in [0.3, 0.4) is 0 Å². The Morgan fingerprint density at radius 2 is 1.70 bits per heavy atom. The van der Waals surface area contributed by atoms with Crippen molar-refractivity contribution in [3.8, 4) is 5.75 Å². The number of hydrogen-bond donors (Lipinski definition) is 6. The van der Waals surface area contributed by atoms with Crippen molar-refractivity contribution in [1.82, 2.24) is 5.32 Å². The highest BCUT2D eigenvalue weighted by Gasteiger charge is 2.32. The average Bonchev–Trinajstić information content (AvgIpc) is 2.55. The standard InChI is InChI=1S/C15H24N2O2.C4H4O4/c1-15(2,3)17-11-7-5-9-10(14(11)19)6-8-12(18)13(9)16-4;5-3(6)1-2-4(7)8/h6,8,11,14,16-19H,5,7H2,1-4H3;1-2H,(H,5,6)(H,7,8)/t11-,14-;/m1./s1. The number of anilines is 1. The van der Waals surface area contributed by atoms with Crippen molar-refractivity contribution in [2.24, 2.45) is 0 Å². The molecule has 0 unspecified atom stereocenters. The van der Waals surface area contributed by atoms with Crippen LogP contribution in [0.15, 0.2) is 24.3 Å². The molecule has 1 aromatic rings. The maximum atomic E-state index is 10.5. The number of carboxylic acids is 2. The summed E-state index contributed by atoms with van der Waals surface area (Å²) in [6.07, 6.45) is 2.30. The molecular formula is C19H28N2O6. The van der Waals surface area contributed by atoms with Crippen molar-refractivity contribution in [3.05, 3.63) is 35.4 Å². The molecule has 2 atom stereocenters. The molecule has 0 bridgehead atoms. The summed E-state index contributed by atoms with van der Waals surface area (Å²) >= 11 is 0. The molecule has 8 heteroatoms. The summed E-state index contributed by atoms with van der Waals surface area (Å²) in [7, 11) is 1.79. The molecule has 0 heterocycles. The summed E-state index contributed by atoms with van der Waals surface area (Å²) in [5.74, 6) is -2.27. The van der Waals surface area contributed by atoms with E-state index in [1.54, 1.807) is 13.1 Å². The summed E-state index contributed by atoms with van der Waals surface area (Å²) in [5, 5.41) is 42.5. The fourth-order valence-electron chi connectivity index (χ4n) is 3.00. The molecule has 150 valence electrons. The van der Waals surface area contributed by atoms with E-state index in [1.165, 1.54) is 0 Å². The number of benzene rings is 1. The maximum Gasteiger partial charge on any atom is 0.328 e. The monoisotopic (exact) mass is 380 g/mol. The first kappa shape index (κ1) is 22.5. The maximum absolute atomic E-state index is 10.5. The number of rotatable bonds is 4. The number of hydrogen-bond acceptors (Lipinski definition) is 6. The summed E-state index contributed by atoms with van der Waals surface area (Å²) in [5.41, 5.74) is 2.66. The van der Waals surface area contributed by atoms with Gasteiger partial charge < -0.3 is 31.1 Å². The zero-order valence-electron chi connectivity index (χ0n) is 16.0. The van der Waals surface area contributed by atoms with Gasteiger partial charge in [0.05, 0.1) is 11.8 Å². The van der Waals surface area contributed by atoms with Gasteiger partial charge in [0.25, 0.3) is 0 Å². The zero-order chi connectivity index (χ0) is 20.8. The Morgan fingerprint density at radius 3 is 2.15 bits per heavy atom. The van der Waals surface area contributed by atoms with Crippen molar-refractivity contribution in [1.29, 1.82) is 0 Å². The molecule has 0 aromatic heterocycles. The molecule has 1 aliphatic carbocycles. The molecule has 8 nitrogen and oxygen atoms in total. The fraction of sp³-hybridized carbons (Fsp3) is 0.474. The smallest absolute Gasteiger partial charge is 0.328 e. The minimum Gasteiger partial charge on any atom is -0.506 e. The van der Waals surface area contributed by atoms with Crippen molar-refractivity contribution in [2.75, 3.05) is 12.4 Å². The molecule has 6 N–H and O–H groups in total. The van der Waals surface area contributed by atoms with Gasteiger partial charge in [0, 0.05) is 30.8 Å². The van der Waals surface area contributed by atoms with Gasteiger partial charge >= 0.3 is 11.9 Å². The normalized spacial score (nSPS) is 19.0. The fourth-order valence-corrected chi connectivity index (χ4v) is 3.00. The summed E-state index contributed by atoms with van der Waals surface area (Å²) in [6, 6.07) is 3.53. The molecule has 1 aliphatic rings. The zero-order valence-corrected chi connectivity index (χ0v) is 16.0. The van der Waals surface area contributed by atoms with E-state index < -0.39 is 18.0 Å². The predicted octanol–water partition coefficient (Wildman–Crippen LogP) is 1.88. The van der Waals surface area contributed by atoms with Gasteiger partial charge in [-0.1, -0.05) is 6.07 Å². The molecule has 1 aromatic carbocycles. The van der Waals surface area contributed by atoms with Crippen LogP contribution in [0.1, 0.15) is 44.4 Å². The summed E-state index contributed by atoms with van der Waals surface area (Å²) < 4.78 is 0. The molecule has 0 amide bonds. The minimum atomic E-state index is -1.26. The lowest BCUT2D eigenvalue weighted by Gasteiger charge is -2.36. The highest BCUT2D eigenvalue weighted by molar-refractivity contribution is 5.89. The van der Waals surface area contributed by atoms with Gasteiger partial charge in [-0.2, -0.15) is 0 Å². The van der Waals surface area contributed by atoms with E-state index in [-0.39, 0.29) is 17.3 Å². The van der Waals surface area contributed by atoms with Crippen LogP contribution < -0.4 is 10.6 Å². The lowest BCUT2D eigenvalue weighted by molar-refractivity contribution is -0.134. The third-order valence-corrected chi connectivity index (χ3v) is 3.97. The van der Waals surface area contributed by atoms with Crippen LogP contribution in [0.25, 0.3) is 0 Å². The van der Waals surface area contributed by atoms with E-state index in [1.807, 2.05) is 6.07 Å². The minimum absolute atomic E-state index is 0.0219. The number of carboxylic acid groups (broad SMARTS) is 2. The van der Waals surface area contributed by atoms with Gasteiger partial charge in [0.15, 0.2) is 0 Å². The summed E-state index contributed by atoms with van der Waals surface area (Å²) in [6.45, 7) is 6.31. The first-order chi connectivity index (χ1) is 12.5. The van der Waals surface area contributed by atoms with Gasteiger partial charge in [-0.25, -0.2) is 9.59 Å². The average molecular weight is 380 g/mol. The van der Waals surface area contributed by atoms with Crippen LogP contribution in [0.5, 0.6) is 5.75 Å². The molecule has 0 fully saturated rings. The quantitative estimate of drug-likeness (QED) is 0.344. The second-order valence-corrected chi connectivity index (χ2v) is 7.27. The molecule has 0 aliphatic heterocycles. The van der Waals surface area contributed by atoms with E-state index in [0.29, 0.717) is 12.2 Å². The van der Waals surface area contributed by atoms with Gasteiger partial charge in [0.2, 0.25) is 0 Å². The van der Waals surface area contributed by atoms with Gasteiger partial charge in [-0.3, -0.25) is 0 Å². The van der Waals surface area contributed by atoms with Gasteiger partial charge in [-0.05, 0) is 50.8 Å². The Balaban J connectivity index is 0.000000387. The first-order valence-electron chi connectivity index (χ1n) is 8.58. The third kappa shape index (κ3) is 6.92. The Kier molecular flexibility index (Phi) is 7.81. The van der Waals surface area contributed by atoms with Crippen LogP contribution >= 0.6 is 0 Å². The van der Waals surface area contributed by atoms with Crippen LogP contribution in [0.2, 0.25) is 0 Å². The lowest BCUT2D eigenvalue weighted by Crippen LogP contribution is -2.48.